The predicted molar refractivity (Wildman–Crippen MR) is 60.2 cm³/mol. The fourth-order valence-electron chi connectivity index (χ4n) is 1.80. The SMILES string of the molecule is CC.CCCN1CCN(C)CC1C. The molecule has 13 heavy (non-hydrogen) atoms. The highest BCUT2D eigenvalue weighted by atomic mass is 15.3. The summed E-state index contributed by atoms with van der Waals surface area (Å²) in [5.41, 5.74) is 0. The van der Waals surface area contributed by atoms with E-state index in [1.54, 1.807) is 0 Å². The molecule has 0 saturated carbocycles. The first-order chi connectivity index (χ1) is 6.24. The summed E-state index contributed by atoms with van der Waals surface area (Å²) in [7, 11) is 2.21. The van der Waals surface area contributed by atoms with Crippen LogP contribution in [0.15, 0.2) is 0 Å². The molecule has 0 radical (unpaired) electrons. The summed E-state index contributed by atoms with van der Waals surface area (Å²) >= 11 is 0. The Kier molecular flexibility index (Phi) is 7.29. The quantitative estimate of drug-likeness (QED) is 0.651. The van der Waals surface area contributed by atoms with Gasteiger partial charge in [0, 0.05) is 25.7 Å². The molecule has 1 aliphatic rings. The first-order valence-corrected chi connectivity index (χ1v) is 5.66. The van der Waals surface area contributed by atoms with E-state index in [0.717, 1.165) is 6.04 Å². The molecule has 1 aliphatic heterocycles. The van der Waals surface area contributed by atoms with Gasteiger partial charge in [0.25, 0.3) is 0 Å². The van der Waals surface area contributed by atoms with Crippen molar-refractivity contribution in [1.29, 1.82) is 0 Å². The van der Waals surface area contributed by atoms with Gasteiger partial charge in [0.15, 0.2) is 0 Å². The maximum absolute atomic E-state index is 2.58. The molecule has 0 aliphatic carbocycles. The molecule has 80 valence electrons. The van der Waals surface area contributed by atoms with Crippen LogP contribution in [0.4, 0.5) is 0 Å². The molecule has 1 unspecified atom stereocenters. The summed E-state index contributed by atoms with van der Waals surface area (Å²) in [6.07, 6.45) is 1.29. The lowest BCUT2D eigenvalue weighted by Gasteiger charge is -2.37. The Morgan fingerprint density at radius 1 is 1.23 bits per heavy atom. The van der Waals surface area contributed by atoms with Crippen LogP contribution < -0.4 is 0 Å². The van der Waals surface area contributed by atoms with Crippen molar-refractivity contribution in [1.82, 2.24) is 9.80 Å². The fraction of sp³-hybridized carbons (Fsp3) is 1.00. The Balaban J connectivity index is 0.000000671. The average Bonchev–Trinajstić information content (AvgIpc) is 2.14. The molecule has 0 bridgehead atoms. The highest BCUT2D eigenvalue weighted by Gasteiger charge is 2.19. The third-order valence-electron chi connectivity index (χ3n) is 2.48. The largest absolute Gasteiger partial charge is 0.304 e. The molecule has 2 heteroatoms. The van der Waals surface area contributed by atoms with E-state index in [2.05, 4.69) is 30.7 Å². The normalized spacial score (nSPS) is 25.2. The van der Waals surface area contributed by atoms with Crippen LogP contribution in [-0.2, 0) is 0 Å². The van der Waals surface area contributed by atoms with E-state index in [1.807, 2.05) is 13.8 Å². The number of hydrogen-bond donors (Lipinski definition) is 0. The molecule has 1 heterocycles. The lowest BCUT2D eigenvalue weighted by molar-refractivity contribution is 0.100. The van der Waals surface area contributed by atoms with Crippen molar-refractivity contribution in [2.24, 2.45) is 0 Å². The van der Waals surface area contributed by atoms with Gasteiger partial charge in [-0.15, -0.1) is 0 Å². The summed E-state index contributed by atoms with van der Waals surface area (Å²) in [5, 5.41) is 0. The molecule has 0 amide bonds. The Hall–Kier alpha value is -0.0800. The molecule has 1 rings (SSSR count). The molecular formula is C11H26N2. The monoisotopic (exact) mass is 186 g/mol. The van der Waals surface area contributed by atoms with Gasteiger partial charge in [-0.3, -0.25) is 4.90 Å². The molecule has 1 atom stereocenters. The minimum Gasteiger partial charge on any atom is -0.304 e. The van der Waals surface area contributed by atoms with Gasteiger partial charge in [0.05, 0.1) is 0 Å². The van der Waals surface area contributed by atoms with Gasteiger partial charge in [-0.25, -0.2) is 0 Å². The molecule has 0 aromatic heterocycles. The Morgan fingerprint density at radius 3 is 2.31 bits per heavy atom. The van der Waals surface area contributed by atoms with Crippen LogP contribution in [0.2, 0.25) is 0 Å². The second kappa shape index (κ2) is 7.34. The van der Waals surface area contributed by atoms with Gasteiger partial charge in [0.1, 0.15) is 0 Å². The molecule has 2 nitrogen and oxygen atoms in total. The van der Waals surface area contributed by atoms with Crippen LogP contribution >= 0.6 is 0 Å². The first-order valence-electron chi connectivity index (χ1n) is 5.66. The van der Waals surface area contributed by atoms with Crippen LogP contribution in [0.1, 0.15) is 34.1 Å². The zero-order valence-corrected chi connectivity index (χ0v) is 10.0. The summed E-state index contributed by atoms with van der Waals surface area (Å²) in [6.45, 7) is 13.6. The number of hydrogen-bond acceptors (Lipinski definition) is 2. The Morgan fingerprint density at radius 2 is 1.85 bits per heavy atom. The van der Waals surface area contributed by atoms with Crippen LogP contribution in [0.3, 0.4) is 0 Å². The lowest BCUT2D eigenvalue weighted by Crippen LogP contribution is -2.50. The van der Waals surface area contributed by atoms with Crippen molar-refractivity contribution in [3.8, 4) is 0 Å². The standard InChI is InChI=1S/C9H20N2.C2H6/c1-4-5-11-7-6-10(3)8-9(11)2;1-2/h9H,4-8H2,1-3H3;1-2H3. The van der Waals surface area contributed by atoms with Gasteiger partial charge < -0.3 is 4.90 Å². The van der Waals surface area contributed by atoms with Crippen molar-refractivity contribution in [3.05, 3.63) is 0 Å². The summed E-state index contributed by atoms with van der Waals surface area (Å²) in [6, 6.07) is 0.758. The van der Waals surface area contributed by atoms with E-state index in [4.69, 9.17) is 0 Å². The van der Waals surface area contributed by atoms with Gasteiger partial charge in [0.2, 0.25) is 0 Å². The van der Waals surface area contributed by atoms with E-state index >= 15 is 0 Å². The predicted octanol–water partition coefficient (Wildman–Crippen LogP) is 2.06. The van der Waals surface area contributed by atoms with Crippen molar-refractivity contribution < 1.29 is 0 Å². The number of piperazine rings is 1. The van der Waals surface area contributed by atoms with Crippen LogP contribution in [-0.4, -0.2) is 49.1 Å². The summed E-state index contributed by atoms with van der Waals surface area (Å²) < 4.78 is 0. The Labute approximate surface area is 83.9 Å². The zero-order chi connectivity index (χ0) is 10.3. The number of nitrogens with zero attached hydrogens (tertiary/aromatic N) is 2. The van der Waals surface area contributed by atoms with E-state index < -0.39 is 0 Å². The van der Waals surface area contributed by atoms with E-state index in [0.29, 0.717) is 0 Å². The molecule has 0 aromatic carbocycles. The fourth-order valence-corrected chi connectivity index (χ4v) is 1.80. The first kappa shape index (κ1) is 12.9. The minimum atomic E-state index is 0.758. The van der Waals surface area contributed by atoms with Crippen molar-refractivity contribution in [2.45, 2.75) is 40.2 Å². The van der Waals surface area contributed by atoms with Crippen LogP contribution in [0.5, 0.6) is 0 Å². The molecule has 1 fully saturated rings. The smallest absolute Gasteiger partial charge is 0.0195 e. The third kappa shape index (κ3) is 4.63. The van der Waals surface area contributed by atoms with E-state index in [-0.39, 0.29) is 0 Å². The average molecular weight is 186 g/mol. The van der Waals surface area contributed by atoms with Crippen molar-refractivity contribution >= 4 is 0 Å². The second-order valence-electron chi connectivity index (χ2n) is 3.65. The highest BCUT2D eigenvalue weighted by molar-refractivity contribution is 4.76. The van der Waals surface area contributed by atoms with E-state index in [1.165, 1.54) is 32.6 Å². The number of likely N-dealkylation sites (N-methyl/N-ethyl adjacent to an activating group) is 1. The minimum absolute atomic E-state index is 0.758. The van der Waals surface area contributed by atoms with Gasteiger partial charge in [-0.05, 0) is 26.9 Å². The summed E-state index contributed by atoms with van der Waals surface area (Å²) in [4.78, 5) is 5.00. The van der Waals surface area contributed by atoms with Gasteiger partial charge >= 0.3 is 0 Å². The molecule has 1 saturated heterocycles. The highest BCUT2D eigenvalue weighted by Crippen LogP contribution is 2.07. The maximum Gasteiger partial charge on any atom is 0.0195 e. The second-order valence-corrected chi connectivity index (χ2v) is 3.65. The molecule has 0 spiro atoms. The molecule has 0 aromatic rings. The van der Waals surface area contributed by atoms with Gasteiger partial charge in [-0.1, -0.05) is 20.8 Å². The van der Waals surface area contributed by atoms with Crippen LogP contribution in [0.25, 0.3) is 0 Å². The maximum atomic E-state index is 2.58. The lowest BCUT2D eigenvalue weighted by atomic mass is 10.2. The Bertz CT molecular complexity index is 115. The number of rotatable bonds is 2. The molecule has 0 N–H and O–H groups in total. The third-order valence-corrected chi connectivity index (χ3v) is 2.48. The van der Waals surface area contributed by atoms with E-state index in [9.17, 15) is 0 Å². The van der Waals surface area contributed by atoms with Crippen molar-refractivity contribution in [2.75, 3.05) is 33.2 Å². The molecular weight excluding hydrogens is 160 g/mol. The van der Waals surface area contributed by atoms with Crippen LogP contribution in [0, 0.1) is 0 Å². The zero-order valence-electron chi connectivity index (χ0n) is 10.0. The van der Waals surface area contributed by atoms with Crippen molar-refractivity contribution in [3.63, 3.8) is 0 Å². The van der Waals surface area contributed by atoms with Gasteiger partial charge in [-0.2, -0.15) is 0 Å². The topological polar surface area (TPSA) is 6.48 Å². The summed E-state index contributed by atoms with van der Waals surface area (Å²) in [5.74, 6) is 0.